The number of rotatable bonds is 11. The lowest BCUT2D eigenvalue weighted by Gasteiger charge is -2.30. The Bertz CT molecular complexity index is 459. The molecule has 2 N–H and O–H groups in total. The van der Waals surface area contributed by atoms with Crippen molar-refractivity contribution in [3.63, 3.8) is 0 Å². The van der Waals surface area contributed by atoms with Crippen molar-refractivity contribution in [1.29, 1.82) is 0 Å². The molecule has 0 aliphatic carbocycles. The zero-order valence-electron chi connectivity index (χ0n) is 15.4. The zero-order valence-corrected chi connectivity index (χ0v) is 15.4. The van der Waals surface area contributed by atoms with E-state index in [2.05, 4.69) is 13.8 Å². The molecule has 1 atom stereocenters. The number of hydrogen-bond acceptors (Lipinski definition) is 4. The molecular weight excluding hydrogens is 304 g/mol. The van der Waals surface area contributed by atoms with Crippen LogP contribution in [0.25, 0.3) is 0 Å². The van der Waals surface area contributed by atoms with Gasteiger partial charge in [0.1, 0.15) is 6.04 Å². The molecule has 0 spiro atoms. The van der Waals surface area contributed by atoms with Gasteiger partial charge in [-0.1, -0.05) is 44.2 Å². The molecule has 0 aliphatic heterocycles. The average molecular weight is 336 g/mol. The number of ether oxygens (including phenoxy) is 2. The Morgan fingerprint density at radius 2 is 1.71 bits per heavy atom. The largest absolute Gasteiger partial charge is 0.351 e. The topological polar surface area (TPSA) is 64.8 Å². The summed E-state index contributed by atoms with van der Waals surface area (Å²) in [4.78, 5) is 14.7. The molecule has 0 fully saturated rings. The van der Waals surface area contributed by atoms with Crippen molar-refractivity contribution in [3.8, 4) is 0 Å². The minimum Gasteiger partial charge on any atom is -0.351 e. The molecular formula is C19H32N2O3. The highest BCUT2D eigenvalue weighted by Crippen LogP contribution is 2.15. The maximum absolute atomic E-state index is 12.9. The molecule has 0 bridgehead atoms. The van der Waals surface area contributed by atoms with Gasteiger partial charge < -0.3 is 20.1 Å². The van der Waals surface area contributed by atoms with Crippen LogP contribution in [0.4, 0.5) is 0 Å². The maximum atomic E-state index is 12.9. The number of benzene rings is 1. The third-order valence-electron chi connectivity index (χ3n) is 3.79. The van der Waals surface area contributed by atoms with Crippen molar-refractivity contribution in [2.75, 3.05) is 26.3 Å². The van der Waals surface area contributed by atoms with E-state index in [1.165, 1.54) is 0 Å². The number of amides is 1. The van der Waals surface area contributed by atoms with Crippen molar-refractivity contribution in [3.05, 3.63) is 35.9 Å². The molecule has 0 aromatic heterocycles. The normalized spacial score (nSPS) is 12.6. The van der Waals surface area contributed by atoms with Crippen LogP contribution in [-0.4, -0.2) is 43.4 Å². The lowest BCUT2D eigenvalue weighted by Crippen LogP contribution is -2.44. The third kappa shape index (κ3) is 6.99. The molecule has 5 nitrogen and oxygen atoms in total. The highest BCUT2D eigenvalue weighted by Gasteiger charge is 2.25. The Balaban J connectivity index is 2.84. The smallest absolute Gasteiger partial charge is 0.244 e. The van der Waals surface area contributed by atoms with Crippen molar-refractivity contribution in [2.24, 2.45) is 11.7 Å². The second-order valence-corrected chi connectivity index (χ2v) is 6.20. The van der Waals surface area contributed by atoms with E-state index in [-0.39, 0.29) is 5.91 Å². The lowest BCUT2D eigenvalue weighted by molar-refractivity contribution is -0.159. The van der Waals surface area contributed by atoms with Gasteiger partial charge in [0.2, 0.25) is 5.91 Å². The Morgan fingerprint density at radius 3 is 2.21 bits per heavy atom. The number of hydrogen-bond donors (Lipinski definition) is 1. The highest BCUT2D eigenvalue weighted by atomic mass is 16.7. The Hall–Kier alpha value is -1.43. The fourth-order valence-corrected chi connectivity index (χ4v) is 2.41. The van der Waals surface area contributed by atoms with E-state index in [4.69, 9.17) is 15.2 Å². The quantitative estimate of drug-likeness (QED) is 0.631. The lowest BCUT2D eigenvalue weighted by atomic mass is 10.1. The predicted octanol–water partition coefficient (Wildman–Crippen LogP) is 2.96. The first-order chi connectivity index (χ1) is 11.5. The van der Waals surface area contributed by atoms with Crippen molar-refractivity contribution in [1.82, 2.24) is 4.90 Å². The monoisotopic (exact) mass is 336 g/mol. The van der Waals surface area contributed by atoms with Crippen LogP contribution < -0.4 is 5.73 Å². The molecule has 24 heavy (non-hydrogen) atoms. The summed E-state index contributed by atoms with van der Waals surface area (Å²) in [5.41, 5.74) is 7.02. The Labute approximate surface area is 146 Å². The van der Waals surface area contributed by atoms with Gasteiger partial charge in [-0.25, -0.2) is 0 Å². The van der Waals surface area contributed by atoms with Crippen LogP contribution in [-0.2, 0) is 14.3 Å². The third-order valence-corrected chi connectivity index (χ3v) is 3.79. The zero-order chi connectivity index (χ0) is 17.9. The molecule has 1 amide bonds. The summed E-state index contributed by atoms with van der Waals surface area (Å²) in [6.45, 7) is 10.2. The van der Waals surface area contributed by atoms with Crippen LogP contribution in [0.15, 0.2) is 30.3 Å². The summed E-state index contributed by atoms with van der Waals surface area (Å²) in [6.07, 6.45) is 0.497. The molecule has 0 saturated heterocycles. The van der Waals surface area contributed by atoms with Crippen LogP contribution in [0, 0.1) is 5.92 Å². The van der Waals surface area contributed by atoms with Crippen molar-refractivity contribution >= 4 is 5.91 Å². The first kappa shape index (κ1) is 20.6. The summed E-state index contributed by atoms with van der Waals surface area (Å²) < 4.78 is 11.2. The van der Waals surface area contributed by atoms with E-state index >= 15 is 0 Å². The van der Waals surface area contributed by atoms with E-state index in [1.54, 1.807) is 4.90 Å². The summed E-state index contributed by atoms with van der Waals surface area (Å²) in [7, 11) is 0. The number of nitrogens with zero attached hydrogens (tertiary/aromatic N) is 1. The first-order valence-corrected chi connectivity index (χ1v) is 8.82. The van der Waals surface area contributed by atoms with Crippen LogP contribution in [0.2, 0.25) is 0 Å². The average Bonchev–Trinajstić information content (AvgIpc) is 2.58. The number of nitrogens with two attached hydrogens (primary N) is 1. The standard InChI is InChI=1S/C19H32N2O3/c1-5-23-17(24-6-2)14-21(13-12-15(3)4)19(22)18(20)16-10-8-7-9-11-16/h7-11,15,17-18H,5-6,12-14,20H2,1-4H3. The predicted molar refractivity (Wildman–Crippen MR) is 96.4 cm³/mol. The van der Waals surface area contributed by atoms with Gasteiger partial charge in [0.05, 0.1) is 6.54 Å². The van der Waals surface area contributed by atoms with Crippen molar-refractivity contribution in [2.45, 2.75) is 46.4 Å². The molecule has 1 aromatic carbocycles. The van der Waals surface area contributed by atoms with E-state index in [0.29, 0.717) is 32.2 Å². The fourth-order valence-electron chi connectivity index (χ4n) is 2.41. The molecule has 5 heteroatoms. The molecule has 0 heterocycles. The van der Waals surface area contributed by atoms with E-state index < -0.39 is 12.3 Å². The molecule has 1 rings (SSSR count). The van der Waals surface area contributed by atoms with Gasteiger partial charge in [-0.2, -0.15) is 0 Å². The van der Waals surface area contributed by atoms with Crippen LogP contribution in [0.3, 0.4) is 0 Å². The molecule has 0 aliphatic rings. The van der Waals surface area contributed by atoms with Gasteiger partial charge in [-0.05, 0) is 31.7 Å². The summed E-state index contributed by atoms with van der Waals surface area (Å²) >= 11 is 0. The summed E-state index contributed by atoms with van der Waals surface area (Å²) in [5.74, 6) is 0.414. The van der Waals surface area contributed by atoms with Gasteiger partial charge in [0.25, 0.3) is 0 Å². The first-order valence-electron chi connectivity index (χ1n) is 8.82. The van der Waals surface area contributed by atoms with Gasteiger partial charge in [0.15, 0.2) is 6.29 Å². The number of carbonyl (C=O) groups is 1. The minimum atomic E-state index is -0.665. The SMILES string of the molecule is CCOC(CN(CCC(C)C)C(=O)C(N)c1ccccc1)OCC. The summed E-state index contributed by atoms with van der Waals surface area (Å²) in [5, 5.41) is 0. The fraction of sp³-hybridized carbons (Fsp3) is 0.632. The Morgan fingerprint density at radius 1 is 1.12 bits per heavy atom. The second-order valence-electron chi connectivity index (χ2n) is 6.20. The van der Waals surface area contributed by atoms with Gasteiger partial charge >= 0.3 is 0 Å². The van der Waals surface area contributed by atoms with Crippen molar-refractivity contribution < 1.29 is 14.3 Å². The van der Waals surface area contributed by atoms with Gasteiger partial charge in [-0.15, -0.1) is 0 Å². The molecule has 0 radical (unpaired) electrons. The molecule has 136 valence electrons. The number of carbonyl (C=O) groups excluding carboxylic acids is 1. The highest BCUT2D eigenvalue weighted by molar-refractivity contribution is 5.83. The van der Waals surface area contributed by atoms with Crippen LogP contribution >= 0.6 is 0 Å². The summed E-state index contributed by atoms with van der Waals surface area (Å²) in [6, 6.07) is 8.80. The second kappa shape index (κ2) is 11.2. The Kier molecular flexibility index (Phi) is 9.60. The molecule has 1 aromatic rings. The van der Waals surface area contributed by atoms with E-state index in [0.717, 1.165) is 12.0 Å². The van der Waals surface area contributed by atoms with E-state index in [9.17, 15) is 4.79 Å². The van der Waals surface area contributed by atoms with Gasteiger partial charge in [-0.3, -0.25) is 4.79 Å². The molecule has 0 saturated carbocycles. The van der Waals surface area contributed by atoms with Crippen LogP contribution in [0.5, 0.6) is 0 Å². The maximum Gasteiger partial charge on any atom is 0.244 e. The van der Waals surface area contributed by atoms with Crippen LogP contribution in [0.1, 0.15) is 45.7 Å². The molecule has 1 unspecified atom stereocenters. The minimum absolute atomic E-state index is 0.0914. The van der Waals surface area contributed by atoms with E-state index in [1.807, 2.05) is 44.2 Å². The van der Waals surface area contributed by atoms with Gasteiger partial charge in [0, 0.05) is 19.8 Å².